The Hall–Kier alpha value is -1.79. The maximum atomic E-state index is 9.20. The third-order valence-electron chi connectivity index (χ3n) is 4.17. The molecule has 0 aliphatic carbocycles. The number of hydrogen-bond donors (Lipinski definition) is 1. The first-order chi connectivity index (χ1) is 10.3. The van der Waals surface area contributed by atoms with Crippen LogP contribution in [0.4, 0.5) is 0 Å². The fraction of sp³-hybridized carbons (Fsp3) is 0.533. The monoisotopic (exact) mass is 288 g/mol. The third-order valence-corrected chi connectivity index (χ3v) is 4.17. The number of hydrogen-bond acceptors (Lipinski definition) is 6. The van der Waals surface area contributed by atoms with Crippen LogP contribution < -0.4 is 0 Å². The molecule has 1 saturated heterocycles. The van der Waals surface area contributed by atoms with Gasteiger partial charge in [0.1, 0.15) is 0 Å². The number of aliphatic hydroxyl groups is 1. The molecule has 21 heavy (non-hydrogen) atoms. The summed E-state index contributed by atoms with van der Waals surface area (Å²) in [4.78, 5) is 10.9. The van der Waals surface area contributed by atoms with Crippen LogP contribution in [0.2, 0.25) is 0 Å². The van der Waals surface area contributed by atoms with Crippen LogP contribution in [0.1, 0.15) is 31.7 Å². The van der Waals surface area contributed by atoms with Gasteiger partial charge in [-0.15, -0.1) is 0 Å². The van der Waals surface area contributed by atoms with Crippen molar-refractivity contribution in [1.29, 1.82) is 0 Å². The van der Waals surface area contributed by atoms with Gasteiger partial charge in [-0.3, -0.25) is 9.88 Å². The van der Waals surface area contributed by atoms with Crippen molar-refractivity contribution in [3.8, 4) is 11.4 Å². The highest BCUT2D eigenvalue weighted by atomic mass is 16.5. The summed E-state index contributed by atoms with van der Waals surface area (Å²) in [5.74, 6) is 1.65. The predicted octanol–water partition coefficient (Wildman–Crippen LogP) is 1.90. The minimum atomic E-state index is 0.0996. The van der Waals surface area contributed by atoms with Gasteiger partial charge in [0.05, 0.1) is 6.04 Å². The normalized spacial score (nSPS) is 18.8. The Bertz CT molecular complexity index is 564. The van der Waals surface area contributed by atoms with Crippen molar-refractivity contribution in [3.05, 3.63) is 30.4 Å². The van der Waals surface area contributed by atoms with Crippen LogP contribution in [0.15, 0.2) is 29.0 Å². The van der Waals surface area contributed by atoms with Crippen LogP contribution in [0, 0.1) is 5.92 Å². The summed E-state index contributed by atoms with van der Waals surface area (Å²) in [7, 11) is 0. The predicted molar refractivity (Wildman–Crippen MR) is 77.3 cm³/mol. The standard InChI is InChI=1S/C15H20N4O2/c1-11(19-7-4-12(10-20)5-8-19)15-17-14(18-21-15)13-3-2-6-16-9-13/h2-3,6,9,11-12,20H,4-5,7-8,10H2,1H3. The van der Waals surface area contributed by atoms with E-state index in [2.05, 4.69) is 26.9 Å². The molecule has 0 spiro atoms. The number of pyridine rings is 1. The molecule has 1 unspecified atom stereocenters. The average Bonchev–Trinajstić information content (AvgIpc) is 3.05. The highest BCUT2D eigenvalue weighted by Crippen LogP contribution is 2.26. The van der Waals surface area contributed by atoms with E-state index in [0.717, 1.165) is 31.5 Å². The summed E-state index contributed by atoms with van der Waals surface area (Å²) in [5.41, 5.74) is 0.860. The molecule has 0 amide bonds. The van der Waals surface area contributed by atoms with E-state index in [0.29, 0.717) is 17.6 Å². The van der Waals surface area contributed by atoms with Crippen molar-refractivity contribution >= 4 is 0 Å². The molecule has 1 N–H and O–H groups in total. The van der Waals surface area contributed by atoms with Gasteiger partial charge in [-0.2, -0.15) is 4.98 Å². The molecular formula is C15H20N4O2. The van der Waals surface area contributed by atoms with Gasteiger partial charge in [-0.25, -0.2) is 0 Å². The first kappa shape index (κ1) is 14.2. The van der Waals surface area contributed by atoms with Crippen molar-refractivity contribution in [2.45, 2.75) is 25.8 Å². The number of rotatable bonds is 4. The van der Waals surface area contributed by atoms with Gasteiger partial charge in [0.15, 0.2) is 0 Å². The van der Waals surface area contributed by atoms with E-state index < -0.39 is 0 Å². The van der Waals surface area contributed by atoms with Crippen molar-refractivity contribution in [1.82, 2.24) is 20.0 Å². The molecule has 2 aromatic rings. The molecule has 2 aromatic heterocycles. The quantitative estimate of drug-likeness (QED) is 0.926. The van der Waals surface area contributed by atoms with Gasteiger partial charge in [0.2, 0.25) is 11.7 Å². The second-order valence-electron chi connectivity index (χ2n) is 5.54. The molecule has 0 radical (unpaired) electrons. The number of aromatic nitrogens is 3. The zero-order valence-corrected chi connectivity index (χ0v) is 12.1. The molecular weight excluding hydrogens is 268 g/mol. The van der Waals surface area contributed by atoms with Gasteiger partial charge in [0.25, 0.3) is 0 Å². The lowest BCUT2D eigenvalue weighted by Gasteiger charge is -2.33. The molecule has 112 valence electrons. The zero-order valence-electron chi connectivity index (χ0n) is 12.1. The van der Waals surface area contributed by atoms with Gasteiger partial charge in [-0.1, -0.05) is 5.16 Å². The number of aliphatic hydroxyl groups excluding tert-OH is 1. The van der Waals surface area contributed by atoms with Crippen LogP contribution in [-0.4, -0.2) is 44.8 Å². The minimum Gasteiger partial charge on any atom is -0.396 e. The summed E-state index contributed by atoms with van der Waals surface area (Å²) >= 11 is 0. The number of nitrogens with zero attached hydrogens (tertiary/aromatic N) is 4. The van der Waals surface area contributed by atoms with Gasteiger partial charge in [-0.05, 0) is 50.9 Å². The van der Waals surface area contributed by atoms with Gasteiger partial charge < -0.3 is 9.63 Å². The van der Waals surface area contributed by atoms with Crippen LogP contribution in [0.5, 0.6) is 0 Å². The Morgan fingerprint density at radius 1 is 1.43 bits per heavy atom. The molecule has 0 saturated carbocycles. The van der Waals surface area contributed by atoms with Crippen molar-refractivity contribution in [2.75, 3.05) is 19.7 Å². The summed E-state index contributed by atoms with van der Waals surface area (Å²) < 4.78 is 5.41. The maximum Gasteiger partial charge on any atom is 0.244 e. The summed E-state index contributed by atoms with van der Waals surface area (Å²) in [6.07, 6.45) is 5.49. The lowest BCUT2D eigenvalue weighted by atomic mass is 9.97. The van der Waals surface area contributed by atoms with E-state index in [1.165, 1.54) is 0 Å². The lowest BCUT2D eigenvalue weighted by Crippen LogP contribution is -2.36. The summed E-state index contributed by atoms with van der Waals surface area (Å²) in [6, 6.07) is 3.87. The topological polar surface area (TPSA) is 75.3 Å². The molecule has 1 fully saturated rings. The van der Waals surface area contributed by atoms with Crippen LogP contribution in [0.3, 0.4) is 0 Å². The zero-order chi connectivity index (χ0) is 14.7. The van der Waals surface area contributed by atoms with Crippen molar-refractivity contribution < 1.29 is 9.63 Å². The number of piperidine rings is 1. The van der Waals surface area contributed by atoms with E-state index in [-0.39, 0.29) is 12.6 Å². The van der Waals surface area contributed by atoms with Crippen molar-refractivity contribution in [3.63, 3.8) is 0 Å². The molecule has 3 heterocycles. The van der Waals surface area contributed by atoms with Crippen LogP contribution in [-0.2, 0) is 0 Å². The fourth-order valence-corrected chi connectivity index (χ4v) is 2.70. The Kier molecular flexibility index (Phi) is 4.26. The highest BCUT2D eigenvalue weighted by Gasteiger charge is 2.26. The molecule has 6 nitrogen and oxygen atoms in total. The van der Waals surface area contributed by atoms with Crippen LogP contribution in [0.25, 0.3) is 11.4 Å². The second-order valence-corrected chi connectivity index (χ2v) is 5.54. The average molecular weight is 288 g/mol. The van der Waals surface area contributed by atoms with E-state index >= 15 is 0 Å². The SMILES string of the molecule is CC(c1nc(-c2cccnc2)no1)N1CCC(CO)CC1. The largest absolute Gasteiger partial charge is 0.396 e. The fourth-order valence-electron chi connectivity index (χ4n) is 2.70. The summed E-state index contributed by atoms with van der Waals surface area (Å²) in [6.45, 7) is 4.28. The van der Waals surface area contributed by atoms with E-state index in [1.807, 2.05) is 12.1 Å². The van der Waals surface area contributed by atoms with E-state index in [4.69, 9.17) is 4.52 Å². The Morgan fingerprint density at radius 2 is 2.24 bits per heavy atom. The molecule has 1 aliphatic heterocycles. The minimum absolute atomic E-state index is 0.0996. The Labute approximate surface area is 123 Å². The third kappa shape index (κ3) is 3.11. The molecule has 0 aromatic carbocycles. The van der Waals surface area contributed by atoms with Gasteiger partial charge >= 0.3 is 0 Å². The summed E-state index contributed by atoms with van der Waals surface area (Å²) in [5, 5.41) is 13.2. The number of likely N-dealkylation sites (tertiary alicyclic amines) is 1. The van der Waals surface area contributed by atoms with Crippen molar-refractivity contribution in [2.24, 2.45) is 5.92 Å². The molecule has 0 bridgehead atoms. The Morgan fingerprint density at radius 3 is 2.90 bits per heavy atom. The first-order valence-corrected chi connectivity index (χ1v) is 7.37. The smallest absolute Gasteiger partial charge is 0.244 e. The Balaban J connectivity index is 1.69. The van der Waals surface area contributed by atoms with E-state index in [9.17, 15) is 5.11 Å². The second kappa shape index (κ2) is 6.32. The molecule has 6 heteroatoms. The maximum absolute atomic E-state index is 9.20. The highest BCUT2D eigenvalue weighted by molar-refractivity contribution is 5.51. The molecule has 1 aliphatic rings. The van der Waals surface area contributed by atoms with Gasteiger partial charge in [0, 0.05) is 24.6 Å². The van der Waals surface area contributed by atoms with E-state index in [1.54, 1.807) is 12.4 Å². The van der Waals surface area contributed by atoms with Crippen LogP contribution >= 0.6 is 0 Å². The first-order valence-electron chi connectivity index (χ1n) is 7.37. The lowest BCUT2D eigenvalue weighted by molar-refractivity contribution is 0.0929. The molecule has 3 rings (SSSR count). The molecule has 1 atom stereocenters.